The summed E-state index contributed by atoms with van der Waals surface area (Å²) in [7, 11) is 0. The molecular formula is C12H16N6O2. The van der Waals surface area contributed by atoms with E-state index in [1.54, 1.807) is 12.3 Å². The summed E-state index contributed by atoms with van der Waals surface area (Å²) in [4.78, 5) is 15.9. The van der Waals surface area contributed by atoms with Crippen molar-refractivity contribution in [1.29, 1.82) is 0 Å². The highest BCUT2D eigenvalue weighted by atomic mass is 16.5. The van der Waals surface area contributed by atoms with E-state index in [1.165, 1.54) is 11.0 Å². The molecule has 0 saturated heterocycles. The molecule has 1 amide bonds. The van der Waals surface area contributed by atoms with Crippen molar-refractivity contribution >= 4 is 5.91 Å². The van der Waals surface area contributed by atoms with E-state index in [0.29, 0.717) is 12.4 Å². The van der Waals surface area contributed by atoms with Gasteiger partial charge in [0.25, 0.3) is 0 Å². The first kappa shape index (κ1) is 13.9. The van der Waals surface area contributed by atoms with E-state index in [4.69, 9.17) is 4.74 Å². The summed E-state index contributed by atoms with van der Waals surface area (Å²) >= 11 is 0. The Morgan fingerprint density at radius 1 is 1.50 bits per heavy atom. The molecule has 1 N–H and O–H groups in total. The van der Waals surface area contributed by atoms with Crippen LogP contribution in [0.2, 0.25) is 0 Å². The lowest BCUT2D eigenvalue weighted by molar-refractivity contribution is -0.122. The minimum absolute atomic E-state index is 0.0283. The van der Waals surface area contributed by atoms with Gasteiger partial charge in [0, 0.05) is 18.3 Å². The maximum atomic E-state index is 11.7. The molecule has 0 bridgehead atoms. The second-order valence-electron chi connectivity index (χ2n) is 4.42. The molecule has 8 heteroatoms. The first-order valence-corrected chi connectivity index (χ1v) is 6.23. The van der Waals surface area contributed by atoms with Gasteiger partial charge in [-0.25, -0.2) is 9.67 Å². The summed E-state index contributed by atoms with van der Waals surface area (Å²) in [5, 5.41) is 13.3. The summed E-state index contributed by atoms with van der Waals surface area (Å²) in [5.74, 6) is 0.349. The van der Waals surface area contributed by atoms with E-state index in [1.807, 2.05) is 19.9 Å². The number of hydrogen-bond acceptors (Lipinski definition) is 6. The van der Waals surface area contributed by atoms with E-state index < -0.39 is 0 Å². The molecular weight excluding hydrogens is 260 g/mol. The Bertz CT molecular complexity index is 555. The third-order valence-corrected chi connectivity index (χ3v) is 2.37. The number of amides is 1. The average molecular weight is 276 g/mol. The molecule has 2 rings (SSSR count). The van der Waals surface area contributed by atoms with E-state index in [0.717, 1.165) is 5.56 Å². The quantitative estimate of drug-likeness (QED) is 0.808. The van der Waals surface area contributed by atoms with E-state index in [-0.39, 0.29) is 18.6 Å². The lowest BCUT2D eigenvalue weighted by Crippen LogP contribution is -2.27. The lowest BCUT2D eigenvalue weighted by atomic mass is 10.2. The Morgan fingerprint density at radius 3 is 3.05 bits per heavy atom. The molecule has 20 heavy (non-hydrogen) atoms. The van der Waals surface area contributed by atoms with Crippen LogP contribution in [0.3, 0.4) is 0 Å². The highest BCUT2D eigenvalue weighted by Gasteiger charge is 2.09. The first-order chi connectivity index (χ1) is 9.65. The zero-order valence-corrected chi connectivity index (χ0v) is 11.4. The van der Waals surface area contributed by atoms with Gasteiger partial charge >= 0.3 is 0 Å². The standard InChI is InChI=1S/C12H16N6O2/c1-9(2)20-12-10(4-3-5-13-12)6-14-11(19)7-18-8-15-16-17-18/h3-5,8-9H,6-7H2,1-2H3,(H,14,19). The molecule has 0 aliphatic carbocycles. The molecule has 0 fully saturated rings. The number of nitrogens with zero attached hydrogens (tertiary/aromatic N) is 5. The van der Waals surface area contributed by atoms with Crippen LogP contribution in [-0.2, 0) is 17.9 Å². The highest BCUT2D eigenvalue weighted by Crippen LogP contribution is 2.15. The van der Waals surface area contributed by atoms with Crippen LogP contribution < -0.4 is 10.1 Å². The van der Waals surface area contributed by atoms with E-state index in [2.05, 4.69) is 25.8 Å². The lowest BCUT2D eigenvalue weighted by Gasteiger charge is -2.13. The zero-order chi connectivity index (χ0) is 14.4. The van der Waals surface area contributed by atoms with Crippen molar-refractivity contribution < 1.29 is 9.53 Å². The van der Waals surface area contributed by atoms with Crippen molar-refractivity contribution in [2.24, 2.45) is 0 Å². The van der Waals surface area contributed by atoms with Gasteiger partial charge in [0.15, 0.2) is 0 Å². The number of nitrogens with one attached hydrogen (secondary N) is 1. The fraction of sp³-hybridized carbons (Fsp3) is 0.417. The largest absolute Gasteiger partial charge is 0.475 e. The first-order valence-electron chi connectivity index (χ1n) is 6.23. The molecule has 8 nitrogen and oxygen atoms in total. The minimum atomic E-state index is -0.184. The van der Waals surface area contributed by atoms with Crippen molar-refractivity contribution in [3.05, 3.63) is 30.2 Å². The molecule has 106 valence electrons. The Morgan fingerprint density at radius 2 is 2.35 bits per heavy atom. The number of hydrogen-bond donors (Lipinski definition) is 1. The third kappa shape index (κ3) is 4.01. The molecule has 0 atom stereocenters. The molecule has 0 aliphatic rings. The number of pyridine rings is 1. The smallest absolute Gasteiger partial charge is 0.242 e. The second kappa shape index (κ2) is 6.60. The number of rotatable bonds is 6. The maximum absolute atomic E-state index is 11.7. The van der Waals surface area contributed by atoms with Crippen LogP contribution in [0.25, 0.3) is 0 Å². The predicted octanol–water partition coefficient (Wildman–Crippen LogP) is 0.172. The molecule has 0 aromatic carbocycles. The topological polar surface area (TPSA) is 94.8 Å². The van der Waals surface area contributed by atoms with Gasteiger partial charge in [0.1, 0.15) is 12.9 Å². The van der Waals surface area contributed by atoms with Crippen LogP contribution in [0.15, 0.2) is 24.7 Å². The molecule has 2 heterocycles. The molecule has 0 saturated carbocycles. The van der Waals surface area contributed by atoms with E-state index >= 15 is 0 Å². The van der Waals surface area contributed by atoms with Gasteiger partial charge in [-0.15, -0.1) is 5.10 Å². The Kier molecular flexibility index (Phi) is 4.59. The number of carbonyl (C=O) groups excluding carboxylic acids is 1. The van der Waals surface area contributed by atoms with Crippen molar-refractivity contribution in [3.8, 4) is 5.88 Å². The van der Waals surface area contributed by atoms with Crippen LogP contribution >= 0.6 is 0 Å². The van der Waals surface area contributed by atoms with Gasteiger partial charge < -0.3 is 10.1 Å². The van der Waals surface area contributed by atoms with Gasteiger partial charge in [-0.05, 0) is 30.3 Å². The second-order valence-corrected chi connectivity index (χ2v) is 4.42. The fourth-order valence-corrected chi connectivity index (χ4v) is 1.54. The van der Waals surface area contributed by atoms with Crippen LogP contribution in [0.1, 0.15) is 19.4 Å². The maximum Gasteiger partial charge on any atom is 0.242 e. The van der Waals surface area contributed by atoms with Gasteiger partial charge in [0.05, 0.1) is 6.10 Å². The summed E-state index contributed by atoms with van der Waals surface area (Å²) in [6.45, 7) is 4.27. The average Bonchev–Trinajstić information content (AvgIpc) is 2.90. The summed E-state index contributed by atoms with van der Waals surface area (Å²) in [6.07, 6.45) is 3.07. The summed E-state index contributed by atoms with van der Waals surface area (Å²) < 4.78 is 6.93. The van der Waals surface area contributed by atoms with Crippen molar-refractivity contribution in [3.63, 3.8) is 0 Å². The molecule has 0 aliphatic heterocycles. The SMILES string of the molecule is CC(C)Oc1ncccc1CNC(=O)Cn1cnnn1. The van der Waals surface area contributed by atoms with Crippen LogP contribution in [0, 0.1) is 0 Å². The molecule has 2 aromatic rings. The molecule has 0 spiro atoms. The number of carbonyl (C=O) groups is 1. The fourth-order valence-electron chi connectivity index (χ4n) is 1.54. The Labute approximate surface area is 116 Å². The highest BCUT2D eigenvalue weighted by molar-refractivity contribution is 5.75. The third-order valence-electron chi connectivity index (χ3n) is 2.37. The van der Waals surface area contributed by atoms with Crippen molar-refractivity contribution in [1.82, 2.24) is 30.5 Å². The number of tetrazole rings is 1. The Hall–Kier alpha value is -2.51. The predicted molar refractivity (Wildman–Crippen MR) is 69.7 cm³/mol. The minimum Gasteiger partial charge on any atom is -0.475 e. The Balaban J connectivity index is 1.91. The molecule has 2 aromatic heterocycles. The van der Waals surface area contributed by atoms with Gasteiger partial charge in [0.2, 0.25) is 11.8 Å². The van der Waals surface area contributed by atoms with Crippen LogP contribution in [0.5, 0.6) is 5.88 Å². The summed E-state index contributed by atoms with van der Waals surface area (Å²) in [6, 6.07) is 3.66. The van der Waals surface area contributed by atoms with Crippen LogP contribution in [0.4, 0.5) is 0 Å². The molecule has 0 unspecified atom stereocenters. The summed E-state index contributed by atoms with van der Waals surface area (Å²) in [5.41, 5.74) is 0.825. The number of ether oxygens (including phenoxy) is 1. The van der Waals surface area contributed by atoms with Gasteiger partial charge in [-0.3, -0.25) is 4.79 Å². The van der Waals surface area contributed by atoms with Gasteiger partial charge in [-0.1, -0.05) is 6.07 Å². The monoisotopic (exact) mass is 276 g/mol. The molecule has 0 radical (unpaired) electrons. The van der Waals surface area contributed by atoms with Crippen molar-refractivity contribution in [2.45, 2.75) is 33.0 Å². The zero-order valence-electron chi connectivity index (χ0n) is 11.4. The number of aromatic nitrogens is 5. The van der Waals surface area contributed by atoms with E-state index in [9.17, 15) is 4.79 Å². The normalized spacial score (nSPS) is 10.6. The van der Waals surface area contributed by atoms with Gasteiger partial charge in [-0.2, -0.15) is 0 Å². The van der Waals surface area contributed by atoms with Crippen LogP contribution in [-0.4, -0.2) is 37.2 Å². The van der Waals surface area contributed by atoms with Crippen molar-refractivity contribution in [2.75, 3.05) is 0 Å².